The monoisotopic (exact) mass is 217 g/mol. The molecule has 5 nitrogen and oxygen atoms in total. The van der Waals surface area contributed by atoms with Gasteiger partial charge in [-0.1, -0.05) is 0 Å². The SMILES string of the molecule is CC(NCc1ccn(C)n1)c1cnccn1. The lowest BCUT2D eigenvalue weighted by Crippen LogP contribution is -2.19. The first-order chi connectivity index (χ1) is 7.75. The van der Waals surface area contributed by atoms with Crippen molar-refractivity contribution in [1.29, 1.82) is 0 Å². The van der Waals surface area contributed by atoms with Crippen molar-refractivity contribution in [2.45, 2.75) is 19.5 Å². The van der Waals surface area contributed by atoms with Gasteiger partial charge in [0, 0.05) is 44.4 Å². The van der Waals surface area contributed by atoms with E-state index >= 15 is 0 Å². The van der Waals surface area contributed by atoms with Crippen LogP contribution in [0.5, 0.6) is 0 Å². The molecule has 16 heavy (non-hydrogen) atoms. The Labute approximate surface area is 94.5 Å². The average Bonchev–Trinajstić information content (AvgIpc) is 2.73. The maximum atomic E-state index is 4.29. The molecule has 2 aromatic rings. The zero-order chi connectivity index (χ0) is 11.4. The van der Waals surface area contributed by atoms with E-state index in [0.29, 0.717) is 0 Å². The maximum absolute atomic E-state index is 4.29. The van der Waals surface area contributed by atoms with Crippen LogP contribution >= 0.6 is 0 Å². The van der Waals surface area contributed by atoms with E-state index in [0.717, 1.165) is 17.9 Å². The minimum atomic E-state index is 0.177. The Kier molecular flexibility index (Phi) is 3.26. The fourth-order valence-electron chi connectivity index (χ4n) is 1.45. The standard InChI is InChI=1S/C11H15N5/c1-9(11-8-12-4-5-13-11)14-7-10-3-6-16(2)15-10/h3-6,8-9,14H,7H2,1-2H3. The normalized spacial score (nSPS) is 12.6. The van der Waals surface area contributed by atoms with Crippen molar-refractivity contribution in [3.63, 3.8) is 0 Å². The second-order valence-electron chi connectivity index (χ2n) is 3.71. The fraction of sp³-hybridized carbons (Fsp3) is 0.364. The van der Waals surface area contributed by atoms with Gasteiger partial charge in [-0.3, -0.25) is 14.6 Å². The molecule has 0 radical (unpaired) electrons. The molecule has 1 N–H and O–H groups in total. The van der Waals surface area contributed by atoms with Crippen LogP contribution in [-0.2, 0) is 13.6 Å². The molecule has 1 atom stereocenters. The number of nitrogens with zero attached hydrogens (tertiary/aromatic N) is 4. The highest BCUT2D eigenvalue weighted by Gasteiger charge is 2.06. The summed E-state index contributed by atoms with van der Waals surface area (Å²) in [5, 5.41) is 7.64. The molecule has 84 valence electrons. The van der Waals surface area contributed by atoms with E-state index in [-0.39, 0.29) is 6.04 Å². The molecule has 0 aliphatic carbocycles. The van der Waals surface area contributed by atoms with Crippen molar-refractivity contribution in [3.8, 4) is 0 Å². The fourth-order valence-corrected chi connectivity index (χ4v) is 1.45. The van der Waals surface area contributed by atoms with Crippen molar-refractivity contribution >= 4 is 0 Å². The number of hydrogen-bond acceptors (Lipinski definition) is 4. The van der Waals surface area contributed by atoms with E-state index in [1.54, 1.807) is 23.3 Å². The predicted octanol–water partition coefficient (Wildman–Crippen LogP) is 1.06. The van der Waals surface area contributed by atoms with Crippen LogP contribution in [0.4, 0.5) is 0 Å². The van der Waals surface area contributed by atoms with E-state index in [1.807, 2.05) is 19.3 Å². The zero-order valence-electron chi connectivity index (χ0n) is 9.46. The van der Waals surface area contributed by atoms with E-state index in [9.17, 15) is 0 Å². The molecule has 2 rings (SSSR count). The van der Waals surface area contributed by atoms with Gasteiger partial charge in [0.2, 0.25) is 0 Å². The summed E-state index contributed by atoms with van der Waals surface area (Å²) in [5.41, 5.74) is 1.97. The van der Waals surface area contributed by atoms with Crippen molar-refractivity contribution in [2.75, 3.05) is 0 Å². The lowest BCUT2D eigenvalue weighted by atomic mass is 10.2. The molecule has 0 saturated carbocycles. The molecule has 0 aliphatic rings. The first-order valence-corrected chi connectivity index (χ1v) is 5.23. The highest BCUT2D eigenvalue weighted by atomic mass is 15.3. The summed E-state index contributed by atoms with van der Waals surface area (Å²) < 4.78 is 1.80. The van der Waals surface area contributed by atoms with Crippen LogP contribution in [0.25, 0.3) is 0 Å². The first kappa shape index (κ1) is 10.8. The summed E-state index contributed by atoms with van der Waals surface area (Å²) in [5.74, 6) is 0. The van der Waals surface area contributed by atoms with Crippen LogP contribution in [-0.4, -0.2) is 19.7 Å². The maximum Gasteiger partial charge on any atom is 0.0762 e. The molecule has 0 aliphatic heterocycles. The van der Waals surface area contributed by atoms with Gasteiger partial charge in [-0.25, -0.2) is 0 Å². The Morgan fingerprint density at radius 1 is 1.44 bits per heavy atom. The minimum Gasteiger partial charge on any atom is -0.303 e. The molecule has 1 unspecified atom stereocenters. The summed E-state index contributed by atoms with van der Waals surface area (Å²) in [7, 11) is 1.91. The van der Waals surface area contributed by atoms with E-state index in [2.05, 4.69) is 27.3 Å². The minimum absolute atomic E-state index is 0.177. The van der Waals surface area contributed by atoms with Crippen LogP contribution in [0.15, 0.2) is 30.9 Å². The largest absolute Gasteiger partial charge is 0.303 e. The Bertz CT molecular complexity index is 437. The number of aryl methyl sites for hydroxylation is 1. The molecular weight excluding hydrogens is 202 g/mol. The molecule has 0 bridgehead atoms. The molecule has 0 amide bonds. The number of rotatable bonds is 4. The van der Waals surface area contributed by atoms with Gasteiger partial charge in [0.25, 0.3) is 0 Å². The van der Waals surface area contributed by atoms with E-state index in [1.165, 1.54) is 0 Å². The van der Waals surface area contributed by atoms with E-state index in [4.69, 9.17) is 0 Å². The smallest absolute Gasteiger partial charge is 0.0762 e. The topological polar surface area (TPSA) is 55.6 Å². The third kappa shape index (κ3) is 2.64. The van der Waals surface area contributed by atoms with Crippen LogP contribution in [0.1, 0.15) is 24.4 Å². The highest BCUT2D eigenvalue weighted by Crippen LogP contribution is 2.07. The molecule has 0 spiro atoms. The average molecular weight is 217 g/mol. The molecule has 0 aromatic carbocycles. The second-order valence-corrected chi connectivity index (χ2v) is 3.71. The van der Waals surface area contributed by atoms with Gasteiger partial charge in [-0.05, 0) is 13.0 Å². The van der Waals surface area contributed by atoms with Crippen molar-refractivity contribution < 1.29 is 0 Å². The van der Waals surface area contributed by atoms with Gasteiger partial charge in [0.15, 0.2) is 0 Å². The molecule has 0 fully saturated rings. The summed E-state index contributed by atoms with van der Waals surface area (Å²) in [6.45, 7) is 2.80. The quantitative estimate of drug-likeness (QED) is 0.832. The summed E-state index contributed by atoms with van der Waals surface area (Å²) in [4.78, 5) is 8.29. The van der Waals surface area contributed by atoms with Crippen molar-refractivity contribution in [3.05, 3.63) is 42.2 Å². The molecule has 5 heteroatoms. The van der Waals surface area contributed by atoms with Gasteiger partial charge >= 0.3 is 0 Å². The van der Waals surface area contributed by atoms with Crippen molar-refractivity contribution in [1.82, 2.24) is 25.1 Å². The Hall–Kier alpha value is -1.75. The van der Waals surface area contributed by atoms with Crippen molar-refractivity contribution in [2.24, 2.45) is 7.05 Å². The third-order valence-electron chi connectivity index (χ3n) is 2.39. The molecule has 0 saturated heterocycles. The molecular formula is C11H15N5. The van der Waals surface area contributed by atoms with Gasteiger partial charge in [0.1, 0.15) is 0 Å². The van der Waals surface area contributed by atoms with Crippen LogP contribution < -0.4 is 5.32 Å². The predicted molar refractivity (Wildman–Crippen MR) is 60.5 cm³/mol. The van der Waals surface area contributed by atoms with Crippen LogP contribution in [0.2, 0.25) is 0 Å². The summed E-state index contributed by atoms with van der Waals surface area (Å²) in [6.07, 6.45) is 7.09. The van der Waals surface area contributed by atoms with Crippen LogP contribution in [0.3, 0.4) is 0 Å². The molecule has 2 aromatic heterocycles. The third-order valence-corrected chi connectivity index (χ3v) is 2.39. The Morgan fingerprint density at radius 3 is 2.94 bits per heavy atom. The van der Waals surface area contributed by atoms with Gasteiger partial charge in [-0.15, -0.1) is 0 Å². The second kappa shape index (κ2) is 4.85. The summed E-state index contributed by atoms with van der Waals surface area (Å²) in [6, 6.07) is 2.17. The van der Waals surface area contributed by atoms with Gasteiger partial charge < -0.3 is 5.32 Å². The number of nitrogens with one attached hydrogen (secondary N) is 1. The van der Waals surface area contributed by atoms with Crippen LogP contribution in [0, 0.1) is 0 Å². The lowest BCUT2D eigenvalue weighted by Gasteiger charge is -2.11. The number of aromatic nitrogens is 4. The molecule has 2 heterocycles. The van der Waals surface area contributed by atoms with Gasteiger partial charge in [0.05, 0.1) is 11.4 Å². The lowest BCUT2D eigenvalue weighted by molar-refractivity contribution is 0.548. The van der Waals surface area contributed by atoms with Gasteiger partial charge in [-0.2, -0.15) is 5.10 Å². The summed E-state index contributed by atoms with van der Waals surface area (Å²) >= 11 is 0. The highest BCUT2D eigenvalue weighted by molar-refractivity contribution is 5.03. The zero-order valence-corrected chi connectivity index (χ0v) is 9.46. The Balaban J connectivity index is 1.91. The number of hydrogen-bond donors (Lipinski definition) is 1. The Morgan fingerprint density at radius 2 is 2.31 bits per heavy atom. The van der Waals surface area contributed by atoms with E-state index < -0.39 is 0 Å². The first-order valence-electron chi connectivity index (χ1n) is 5.23.